The number of halogens is 1. The van der Waals surface area contributed by atoms with Crippen molar-refractivity contribution in [3.8, 4) is 0 Å². The standard InChI is InChI=1S/C13H9BrN4S/c14-9-5-3-7-16-12(9)19-11-8-4-1-2-6-10(8)17-13(15)18-11/h1-7H,(H2,15,17,18). The Balaban J connectivity index is 2.13. The Morgan fingerprint density at radius 3 is 2.68 bits per heavy atom. The highest BCUT2D eigenvalue weighted by atomic mass is 79.9. The van der Waals surface area contributed by atoms with Gasteiger partial charge in [0.2, 0.25) is 5.95 Å². The van der Waals surface area contributed by atoms with Gasteiger partial charge in [-0.15, -0.1) is 0 Å². The van der Waals surface area contributed by atoms with Crippen LogP contribution in [0.4, 0.5) is 5.95 Å². The molecule has 2 aromatic heterocycles. The fourth-order valence-electron chi connectivity index (χ4n) is 1.68. The van der Waals surface area contributed by atoms with Crippen molar-refractivity contribution in [3.05, 3.63) is 47.1 Å². The van der Waals surface area contributed by atoms with Crippen molar-refractivity contribution < 1.29 is 0 Å². The monoisotopic (exact) mass is 332 g/mol. The van der Waals surface area contributed by atoms with Gasteiger partial charge in [-0.25, -0.2) is 15.0 Å². The van der Waals surface area contributed by atoms with Crippen LogP contribution in [0.2, 0.25) is 0 Å². The third-order valence-electron chi connectivity index (χ3n) is 2.50. The van der Waals surface area contributed by atoms with Gasteiger partial charge in [-0.3, -0.25) is 0 Å². The van der Waals surface area contributed by atoms with Crippen molar-refractivity contribution in [2.45, 2.75) is 10.1 Å². The van der Waals surface area contributed by atoms with Crippen LogP contribution in [0, 0.1) is 0 Å². The molecule has 6 heteroatoms. The molecule has 0 amide bonds. The van der Waals surface area contributed by atoms with Crippen LogP contribution in [0.1, 0.15) is 0 Å². The van der Waals surface area contributed by atoms with Gasteiger partial charge in [-0.2, -0.15) is 0 Å². The molecule has 19 heavy (non-hydrogen) atoms. The molecule has 0 aliphatic carbocycles. The molecule has 0 radical (unpaired) electrons. The van der Waals surface area contributed by atoms with Gasteiger partial charge < -0.3 is 5.73 Å². The van der Waals surface area contributed by atoms with E-state index in [-0.39, 0.29) is 5.95 Å². The molecular weight excluding hydrogens is 324 g/mol. The Labute approximate surface area is 122 Å². The topological polar surface area (TPSA) is 64.7 Å². The summed E-state index contributed by atoms with van der Waals surface area (Å²) in [6, 6.07) is 11.6. The number of nitrogens with two attached hydrogens (primary N) is 1. The van der Waals surface area contributed by atoms with E-state index in [1.165, 1.54) is 11.8 Å². The van der Waals surface area contributed by atoms with Gasteiger partial charge in [0.15, 0.2) is 0 Å². The zero-order chi connectivity index (χ0) is 13.2. The number of fused-ring (bicyclic) bond motifs is 1. The molecule has 2 N–H and O–H groups in total. The lowest BCUT2D eigenvalue weighted by Gasteiger charge is -2.06. The first kappa shape index (κ1) is 12.4. The van der Waals surface area contributed by atoms with Crippen molar-refractivity contribution >= 4 is 44.5 Å². The summed E-state index contributed by atoms with van der Waals surface area (Å²) in [5.74, 6) is 0.272. The Bertz CT molecular complexity index is 748. The van der Waals surface area contributed by atoms with E-state index in [1.54, 1.807) is 6.20 Å². The maximum atomic E-state index is 5.75. The lowest BCUT2D eigenvalue weighted by atomic mass is 10.2. The van der Waals surface area contributed by atoms with Gasteiger partial charge >= 0.3 is 0 Å². The summed E-state index contributed by atoms with van der Waals surface area (Å²) in [4.78, 5) is 12.9. The highest BCUT2D eigenvalue weighted by molar-refractivity contribution is 9.10. The Morgan fingerprint density at radius 2 is 1.84 bits per heavy atom. The van der Waals surface area contributed by atoms with Crippen LogP contribution in [0.15, 0.2) is 57.1 Å². The molecule has 0 fully saturated rings. The van der Waals surface area contributed by atoms with E-state index in [0.29, 0.717) is 0 Å². The van der Waals surface area contributed by atoms with Crippen LogP contribution in [-0.2, 0) is 0 Å². The molecule has 3 aromatic rings. The third kappa shape index (κ3) is 2.54. The summed E-state index contributed by atoms with van der Waals surface area (Å²) >= 11 is 4.95. The quantitative estimate of drug-likeness (QED) is 0.727. The van der Waals surface area contributed by atoms with Gasteiger partial charge in [-0.05, 0) is 45.9 Å². The normalized spacial score (nSPS) is 10.8. The van der Waals surface area contributed by atoms with E-state index in [0.717, 1.165) is 25.4 Å². The highest BCUT2D eigenvalue weighted by Gasteiger charge is 2.10. The van der Waals surface area contributed by atoms with Crippen molar-refractivity contribution in [1.82, 2.24) is 15.0 Å². The third-order valence-corrected chi connectivity index (χ3v) is 4.43. The maximum Gasteiger partial charge on any atom is 0.221 e. The SMILES string of the molecule is Nc1nc(Sc2ncccc2Br)c2ccccc2n1. The molecule has 0 saturated carbocycles. The van der Waals surface area contributed by atoms with Crippen LogP contribution in [0.5, 0.6) is 0 Å². The van der Waals surface area contributed by atoms with Crippen molar-refractivity contribution in [2.75, 3.05) is 5.73 Å². The Kier molecular flexibility index (Phi) is 3.35. The van der Waals surface area contributed by atoms with E-state index in [1.807, 2.05) is 36.4 Å². The molecule has 94 valence electrons. The summed E-state index contributed by atoms with van der Waals surface area (Å²) in [7, 11) is 0. The fourth-order valence-corrected chi connectivity index (χ4v) is 3.06. The number of pyridine rings is 1. The van der Waals surface area contributed by atoms with Crippen LogP contribution in [0.3, 0.4) is 0 Å². The number of benzene rings is 1. The van der Waals surface area contributed by atoms with Gasteiger partial charge in [0.25, 0.3) is 0 Å². The molecule has 0 bridgehead atoms. The predicted molar refractivity (Wildman–Crippen MR) is 80.0 cm³/mol. The van der Waals surface area contributed by atoms with Gasteiger partial charge in [0.1, 0.15) is 10.1 Å². The second kappa shape index (κ2) is 5.14. The van der Waals surface area contributed by atoms with Gasteiger partial charge in [0, 0.05) is 11.6 Å². The minimum atomic E-state index is 0.272. The summed E-state index contributed by atoms with van der Waals surface area (Å²) in [5.41, 5.74) is 6.59. The molecular formula is C13H9BrN4S. The lowest BCUT2D eigenvalue weighted by molar-refractivity contribution is 1.08. The molecule has 1 aromatic carbocycles. The predicted octanol–water partition coefficient (Wildman–Crippen LogP) is 3.52. The molecule has 0 atom stereocenters. The van der Waals surface area contributed by atoms with Gasteiger partial charge in [0.05, 0.1) is 9.99 Å². The zero-order valence-corrected chi connectivity index (χ0v) is 12.1. The number of aromatic nitrogens is 3. The minimum Gasteiger partial charge on any atom is -0.368 e. The van der Waals surface area contributed by atoms with E-state index in [2.05, 4.69) is 30.9 Å². The van der Waals surface area contributed by atoms with E-state index < -0.39 is 0 Å². The summed E-state index contributed by atoms with van der Waals surface area (Å²) in [6.45, 7) is 0. The first-order valence-corrected chi connectivity index (χ1v) is 7.15. The summed E-state index contributed by atoms with van der Waals surface area (Å²) in [6.07, 6.45) is 1.75. The first-order chi connectivity index (χ1) is 9.24. The fraction of sp³-hybridized carbons (Fsp3) is 0. The Morgan fingerprint density at radius 1 is 1.00 bits per heavy atom. The molecule has 0 saturated heterocycles. The lowest BCUT2D eigenvalue weighted by Crippen LogP contribution is -1.97. The highest BCUT2D eigenvalue weighted by Crippen LogP contribution is 2.34. The number of para-hydroxylation sites is 1. The minimum absolute atomic E-state index is 0.272. The summed E-state index contributed by atoms with van der Waals surface area (Å²) < 4.78 is 0.932. The van der Waals surface area contributed by atoms with Crippen molar-refractivity contribution in [1.29, 1.82) is 0 Å². The van der Waals surface area contributed by atoms with Crippen molar-refractivity contribution in [2.24, 2.45) is 0 Å². The smallest absolute Gasteiger partial charge is 0.221 e. The van der Waals surface area contributed by atoms with Crippen LogP contribution in [-0.4, -0.2) is 15.0 Å². The van der Waals surface area contributed by atoms with Gasteiger partial charge in [-0.1, -0.05) is 18.2 Å². The zero-order valence-electron chi connectivity index (χ0n) is 9.75. The van der Waals surface area contributed by atoms with Crippen LogP contribution in [0.25, 0.3) is 10.9 Å². The molecule has 0 aliphatic heterocycles. The molecule has 0 aliphatic rings. The largest absolute Gasteiger partial charge is 0.368 e. The van der Waals surface area contributed by atoms with E-state index in [9.17, 15) is 0 Å². The number of nitrogen functional groups attached to an aromatic ring is 1. The molecule has 0 unspecified atom stereocenters. The molecule has 3 rings (SSSR count). The van der Waals surface area contributed by atoms with Crippen molar-refractivity contribution in [3.63, 3.8) is 0 Å². The number of anilines is 1. The van der Waals surface area contributed by atoms with E-state index >= 15 is 0 Å². The van der Waals surface area contributed by atoms with Crippen LogP contribution < -0.4 is 5.73 Å². The summed E-state index contributed by atoms with van der Waals surface area (Å²) in [5, 5.41) is 2.63. The average molecular weight is 333 g/mol. The van der Waals surface area contributed by atoms with Crippen LogP contribution >= 0.6 is 27.7 Å². The number of hydrogen-bond acceptors (Lipinski definition) is 5. The second-order valence-corrected chi connectivity index (χ2v) is 5.63. The molecule has 4 nitrogen and oxygen atoms in total. The number of nitrogens with zero attached hydrogens (tertiary/aromatic N) is 3. The number of hydrogen-bond donors (Lipinski definition) is 1. The van der Waals surface area contributed by atoms with E-state index in [4.69, 9.17) is 5.73 Å². The molecule has 0 spiro atoms. The Hall–Kier alpha value is -1.66. The average Bonchev–Trinajstić information content (AvgIpc) is 2.41. The first-order valence-electron chi connectivity index (χ1n) is 5.54. The second-order valence-electron chi connectivity index (χ2n) is 3.80. The maximum absolute atomic E-state index is 5.75. The number of rotatable bonds is 2. The molecule has 2 heterocycles.